The van der Waals surface area contributed by atoms with Crippen molar-refractivity contribution in [3.05, 3.63) is 0 Å². The predicted molar refractivity (Wildman–Crippen MR) is 69.4 cm³/mol. The van der Waals surface area contributed by atoms with E-state index < -0.39 is 5.41 Å². The standard InChI is InChI=1S/C11H19N3O2S/c1-7(15)13-8-4-5-14(6-8)10(16)11(2,3)9(12)17/h8H,4-6H2,1-3H3,(H2,12,17)(H,13,15). The van der Waals surface area contributed by atoms with E-state index in [0.29, 0.717) is 13.1 Å². The zero-order valence-electron chi connectivity index (χ0n) is 10.4. The van der Waals surface area contributed by atoms with Gasteiger partial charge >= 0.3 is 0 Å². The smallest absolute Gasteiger partial charge is 0.235 e. The third-order valence-corrected chi connectivity index (χ3v) is 3.54. The first kappa shape index (κ1) is 13.9. The predicted octanol–water partition coefficient (Wildman–Crippen LogP) is 0.0357. The summed E-state index contributed by atoms with van der Waals surface area (Å²) in [6.07, 6.45) is 0.777. The number of nitrogens with two attached hydrogens (primary N) is 1. The Balaban J connectivity index is 2.62. The third-order valence-electron chi connectivity index (χ3n) is 3.03. The third kappa shape index (κ3) is 3.15. The summed E-state index contributed by atoms with van der Waals surface area (Å²) in [5.41, 5.74) is 4.75. The Bertz CT molecular complexity index is 355. The summed E-state index contributed by atoms with van der Waals surface area (Å²) in [6.45, 7) is 6.09. The minimum Gasteiger partial charge on any atom is -0.392 e. The molecule has 0 aliphatic carbocycles. The van der Waals surface area contributed by atoms with E-state index in [-0.39, 0.29) is 22.8 Å². The Kier molecular flexibility index (Phi) is 4.08. The Hall–Kier alpha value is -1.17. The van der Waals surface area contributed by atoms with E-state index in [1.165, 1.54) is 6.92 Å². The lowest BCUT2D eigenvalue weighted by Crippen LogP contribution is -2.47. The van der Waals surface area contributed by atoms with Crippen LogP contribution in [-0.4, -0.2) is 40.8 Å². The van der Waals surface area contributed by atoms with Crippen LogP contribution in [0.25, 0.3) is 0 Å². The van der Waals surface area contributed by atoms with Crippen LogP contribution in [0, 0.1) is 5.41 Å². The van der Waals surface area contributed by atoms with Gasteiger partial charge in [0.1, 0.15) is 0 Å². The number of nitrogens with one attached hydrogen (secondary N) is 1. The Morgan fingerprint density at radius 2 is 2.06 bits per heavy atom. The van der Waals surface area contributed by atoms with Crippen molar-refractivity contribution in [2.75, 3.05) is 13.1 Å². The van der Waals surface area contributed by atoms with Gasteiger partial charge in [-0.05, 0) is 20.3 Å². The number of amides is 2. The van der Waals surface area contributed by atoms with E-state index in [1.807, 2.05) is 0 Å². The van der Waals surface area contributed by atoms with Gasteiger partial charge in [-0.1, -0.05) is 12.2 Å². The van der Waals surface area contributed by atoms with Crippen LogP contribution in [0.15, 0.2) is 0 Å². The number of thiocarbonyl (C=S) groups is 1. The summed E-state index contributed by atoms with van der Waals surface area (Å²) < 4.78 is 0. The lowest BCUT2D eigenvalue weighted by molar-refractivity contribution is -0.136. The number of carbonyl (C=O) groups is 2. The Morgan fingerprint density at radius 1 is 1.47 bits per heavy atom. The fourth-order valence-electron chi connectivity index (χ4n) is 1.85. The van der Waals surface area contributed by atoms with E-state index >= 15 is 0 Å². The SMILES string of the molecule is CC(=O)NC1CCN(C(=O)C(C)(C)C(N)=S)C1. The second-order valence-electron chi connectivity index (χ2n) is 4.93. The van der Waals surface area contributed by atoms with Crippen LogP contribution in [-0.2, 0) is 9.59 Å². The van der Waals surface area contributed by atoms with E-state index in [4.69, 9.17) is 18.0 Å². The fraction of sp³-hybridized carbons (Fsp3) is 0.727. The summed E-state index contributed by atoms with van der Waals surface area (Å²) in [5, 5.41) is 2.81. The molecule has 3 N–H and O–H groups in total. The number of likely N-dealkylation sites (tertiary alicyclic amines) is 1. The molecule has 1 unspecified atom stereocenters. The van der Waals surface area contributed by atoms with Gasteiger partial charge in [-0.2, -0.15) is 0 Å². The van der Waals surface area contributed by atoms with Crippen LogP contribution < -0.4 is 11.1 Å². The van der Waals surface area contributed by atoms with Crippen molar-refractivity contribution in [2.45, 2.75) is 33.2 Å². The minimum atomic E-state index is -0.819. The quantitative estimate of drug-likeness (QED) is 0.700. The molecule has 6 heteroatoms. The van der Waals surface area contributed by atoms with Crippen LogP contribution in [0.2, 0.25) is 0 Å². The molecule has 1 aliphatic heterocycles. The van der Waals surface area contributed by atoms with Crippen molar-refractivity contribution in [3.63, 3.8) is 0 Å². The second-order valence-corrected chi connectivity index (χ2v) is 5.37. The summed E-state index contributed by atoms with van der Waals surface area (Å²) in [4.78, 5) is 25.0. The topological polar surface area (TPSA) is 75.4 Å². The highest BCUT2D eigenvalue weighted by atomic mass is 32.1. The lowest BCUT2D eigenvalue weighted by Gasteiger charge is -2.28. The molecule has 1 rings (SSSR count). The molecule has 0 radical (unpaired) electrons. The maximum absolute atomic E-state index is 12.2. The highest BCUT2D eigenvalue weighted by Crippen LogP contribution is 2.22. The van der Waals surface area contributed by atoms with Gasteiger partial charge in [0.2, 0.25) is 11.8 Å². The van der Waals surface area contributed by atoms with Gasteiger partial charge in [-0.3, -0.25) is 9.59 Å². The molecule has 5 nitrogen and oxygen atoms in total. The van der Waals surface area contributed by atoms with Crippen molar-refractivity contribution >= 4 is 29.0 Å². The van der Waals surface area contributed by atoms with Crippen molar-refractivity contribution in [2.24, 2.45) is 11.1 Å². The van der Waals surface area contributed by atoms with Crippen molar-refractivity contribution in [1.29, 1.82) is 0 Å². The molecule has 2 amide bonds. The molecule has 0 aromatic rings. The summed E-state index contributed by atoms with van der Waals surface area (Å²) in [5.74, 6) is -0.143. The lowest BCUT2D eigenvalue weighted by atomic mass is 9.92. The molecule has 1 saturated heterocycles. The van der Waals surface area contributed by atoms with Crippen LogP contribution >= 0.6 is 12.2 Å². The maximum Gasteiger partial charge on any atom is 0.235 e. The maximum atomic E-state index is 12.2. The van der Waals surface area contributed by atoms with E-state index in [1.54, 1.807) is 18.7 Å². The van der Waals surface area contributed by atoms with Crippen molar-refractivity contribution in [3.8, 4) is 0 Å². The molecule has 1 heterocycles. The minimum absolute atomic E-state index is 0.0404. The average molecular weight is 257 g/mol. The van der Waals surface area contributed by atoms with Crippen LogP contribution in [0.4, 0.5) is 0 Å². The number of hydrogen-bond acceptors (Lipinski definition) is 3. The van der Waals surface area contributed by atoms with Crippen LogP contribution in [0.1, 0.15) is 27.2 Å². The molecule has 1 atom stereocenters. The Morgan fingerprint density at radius 3 is 2.53 bits per heavy atom. The van der Waals surface area contributed by atoms with Crippen LogP contribution in [0.3, 0.4) is 0 Å². The first-order chi connectivity index (χ1) is 7.75. The molecule has 0 spiro atoms. The molecule has 0 aromatic heterocycles. The second kappa shape index (κ2) is 5.00. The number of carbonyl (C=O) groups excluding carboxylic acids is 2. The summed E-state index contributed by atoms with van der Waals surface area (Å²) >= 11 is 4.90. The molecular formula is C11H19N3O2S. The number of nitrogens with zero attached hydrogens (tertiary/aromatic N) is 1. The molecule has 96 valence electrons. The van der Waals surface area contributed by atoms with Crippen molar-refractivity contribution < 1.29 is 9.59 Å². The van der Waals surface area contributed by atoms with Gasteiger partial charge in [0.05, 0.1) is 10.4 Å². The zero-order chi connectivity index (χ0) is 13.2. The van der Waals surface area contributed by atoms with Gasteiger partial charge in [0, 0.05) is 26.1 Å². The fourth-order valence-corrected chi connectivity index (χ4v) is 1.94. The van der Waals surface area contributed by atoms with Gasteiger partial charge < -0.3 is 16.0 Å². The van der Waals surface area contributed by atoms with E-state index in [2.05, 4.69) is 5.32 Å². The molecule has 17 heavy (non-hydrogen) atoms. The molecule has 0 saturated carbocycles. The first-order valence-corrected chi connectivity index (χ1v) is 6.02. The number of rotatable bonds is 3. The van der Waals surface area contributed by atoms with Gasteiger partial charge in [0.25, 0.3) is 0 Å². The highest BCUT2D eigenvalue weighted by Gasteiger charge is 2.38. The Labute approximate surface area is 107 Å². The van der Waals surface area contributed by atoms with E-state index in [9.17, 15) is 9.59 Å². The van der Waals surface area contributed by atoms with Crippen molar-refractivity contribution in [1.82, 2.24) is 10.2 Å². The van der Waals surface area contributed by atoms with Gasteiger partial charge in [-0.25, -0.2) is 0 Å². The zero-order valence-corrected chi connectivity index (χ0v) is 11.3. The van der Waals surface area contributed by atoms with Crippen LogP contribution in [0.5, 0.6) is 0 Å². The normalized spacial score (nSPS) is 20.2. The highest BCUT2D eigenvalue weighted by molar-refractivity contribution is 7.80. The molecular weight excluding hydrogens is 238 g/mol. The molecule has 0 bridgehead atoms. The van der Waals surface area contributed by atoms with Gasteiger partial charge in [-0.15, -0.1) is 0 Å². The van der Waals surface area contributed by atoms with Gasteiger partial charge in [0.15, 0.2) is 0 Å². The average Bonchev–Trinajstić information content (AvgIpc) is 2.63. The molecule has 0 aromatic carbocycles. The summed E-state index contributed by atoms with van der Waals surface area (Å²) in [6, 6.07) is 0.0404. The first-order valence-electron chi connectivity index (χ1n) is 5.61. The van der Waals surface area contributed by atoms with E-state index in [0.717, 1.165) is 6.42 Å². The largest absolute Gasteiger partial charge is 0.392 e. The monoisotopic (exact) mass is 257 g/mol. The summed E-state index contributed by atoms with van der Waals surface area (Å²) in [7, 11) is 0. The molecule has 1 aliphatic rings. The molecule has 1 fully saturated rings. The number of hydrogen-bond donors (Lipinski definition) is 2.